The predicted molar refractivity (Wildman–Crippen MR) is 245 cm³/mol. The van der Waals surface area contributed by atoms with E-state index < -0.39 is 13.6 Å². The van der Waals surface area contributed by atoms with Gasteiger partial charge in [-0.25, -0.2) is 4.57 Å². The van der Waals surface area contributed by atoms with Gasteiger partial charge >= 0.3 is 7.82 Å². The molecular formula is C49H92NO6P. The molecular weight excluding hydrogens is 730 g/mol. The summed E-state index contributed by atoms with van der Waals surface area (Å²) in [4.78, 5) is 11.9. The zero-order valence-electron chi connectivity index (χ0n) is 38.6. The van der Waals surface area contributed by atoms with Crippen LogP contribution in [-0.4, -0.2) is 61.1 Å². The SMILES string of the molecule is CCCCC/C=C\C/C=C\CCCCCCCCC1(CCCCCCCC/C=C\C/C=C\CCCCC)OC[C@H](C(C)(C)C(C)(C)N(C)CCOP(=O)(O)OC)O1. The van der Waals surface area contributed by atoms with E-state index >= 15 is 0 Å². The van der Waals surface area contributed by atoms with Crippen LogP contribution in [0.2, 0.25) is 0 Å². The minimum absolute atomic E-state index is 0.0620. The minimum Gasteiger partial charge on any atom is -0.347 e. The number of ether oxygens (including phenoxy) is 2. The quantitative estimate of drug-likeness (QED) is 0.0377. The lowest BCUT2D eigenvalue weighted by molar-refractivity contribution is -0.198. The van der Waals surface area contributed by atoms with Crippen LogP contribution < -0.4 is 0 Å². The van der Waals surface area contributed by atoms with Gasteiger partial charge in [-0.15, -0.1) is 0 Å². The molecule has 2 atom stereocenters. The van der Waals surface area contributed by atoms with E-state index in [9.17, 15) is 9.46 Å². The molecule has 1 N–H and O–H groups in total. The van der Waals surface area contributed by atoms with E-state index in [0.717, 1.165) is 38.5 Å². The fourth-order valence-corrected chi connectivity index (χ4v) is 7.99. The van der Waals surface area contributed by atoms with E-state index in [4.69, 9.17) is 14.0 Å². The summed E-state index contributed by atoms with van der Waals surface area (Å²) in [5.41, 5.74) is -0.556. The third-order valence-corrected chi connectivity index (χ3v) is 13.6. The molecule has 1 aliphatic heterocycles. The van der Waals surface area contributed by atoms with Crippen molar-refractivity contribution in [2.24, 2.45) is 5.41 Å². The lowest BCUT2D eigenvalue weighted by atomic mass is 9.69. The van der Waals surface area contributed by atoms with Crippen molar-refractivity contribution in [1.29, 1.82) is 0 Å². The summed E-state index contributed by atoms with van der Waals surface area (Å²) in [5.74, 6) is -0.522. The molecule has 334 valence electrons. The highest BCUT2D eigenvalue weighted by Crippen LogP contribution is 2.47. The molecule has 0 saturated carbocycles. The smallest absolute Gasteiger partial charge is 0.347 e. The van der Waals surface area contributed by atoms with Crippen molar-refractivity contribution < 1.29 is 28.0 Å². The summed E-state index contributed by atoms with van der Waals surface area (Å²) in [5, 5.41) is 0. The monoisotopic (exact) mass is 822 g/mol. The Balaban J connectivity index is 2.58. The molecule has 1 saturated heterocycles. The van der Waals surface area contributed by atoms with Gasteiger partial charge in [0.1, 0.15) is 0 Å². The van der Waals surface area contributed by atoms with Crippen molar-refractivity contribution in [3.63, 3.8) is 0 Å². The van der Waals surface area contributed by atoms with Crippen LogP contribution in [-0.2, 0) is 23.1 Å². The van der Waals surface area contributed by atoms with Crippen molar-refractivity contribution in [2.75, 3.05) is 33.9 Å². The molecule has 1 aliphatic rings. The van der Waals surface area contributed by atoms with Gasteiger partial charge in [0.2, 0.25) is 0 Å². The van der Waals surface area contributed by atoms with Crippen LogP contribution in [0.25, 0.3) is 0 Å². The first-order valence-electron chi connectivity index (χ1n) is 23.5. The Labute approximate surface area is 353 Å². The summed E-state index contributed by atoms with van der Waals surface area (Å²) in [6, 6.07) is 0. The van der Waals surface area contributed by atoms with Gasteiger partial charge in [-0.2, -0.15) is 0 Å². The first-order chi connectivity index (χ1) is 27.4. The largest absolute Gasteiger partial charge is 0.471 e. The van der Waals surface area contributed by atoms with Gasteiger partial charge in [0.15, 0.2) is 5.79 Å². The highest BCUT2D eigenvalue weighted by molar-refractivity contribution is 7.47. The van der Waals surface area contributed by atoms with Crippen LogP contribution in [0.1, 0.15) is 208 Å². The van der Waals surface area contributed by atoms with Crippen LogP contribution in [0.15, 0.2) is 48.6 Å². The number of allylic oxidation sites excluding steroid dienone is 8. The number of hydrogen-bond donors (Lipinski definition) is 1. The van der Waals surface area contributed by atoms with Crippen molar-refractivity contribution in [3.05, 3.63) is 48.6 Å². The second-order valence-electron chi connectivity index (χ2n) is 17.7. The molecule has 7 nitrogen and oxygen atoms in total. The number of nitrogens with zero attached hydrogens (tertiary/aromatic N) is 1. The van der Waals surface area contributed by atoms with Gasteiger partial charge in [0.25, 0.3) is 0 Å². The van der Waals surface area contributed by atoms with E-state index in [1.165, 1.54) is 136 Å². The minimum atomic E-state index is -4.01. The van der Waals surface area contributed by atoms with E-state index in [0.29, 0.717) is 13.2 Å². The van der Waals surface area contributed by atoms with Crippen LogP contribution >= 0.6 is 7.82 Å². The maximum Gasteiger partial charge on any atom is 0.471 e. The third kappa shape index (κ3) is 24.7. The zero-order valence-corrected chi connectivity index (χ0v) is 39.5. The van der Waals surface area contributed by atoms with E-state index in [2.05, 4.69) is 99.6 Å². The Bertz CT molecular complexity index is 1080. The van der Waals surface area contributed by atoms with Crippen molar-refractivity contribution in [2.45, 2.75) is 226 Å². The highest BCUT2D eigenvalue weighted by atomic mass is 31.2. The standard InChI is InChI=1S/C49H92NO6P/c1-9-11-13-15-17-19-21-23-25-27-29-31-33-35-37-39-41-49(42-40-38-36-34-32-30-28-26-24-22-20-18-16-14-12-10-2)54-45-46(56-49)47(3,4)48(5,6)50(7)43-44-55-57(51,52)53-8/h17-20,23-26,46H,9-16,21-22,27-45H2,1-8H3,(H,51,52)/b19-17-,20-18-,25-23-,26-24-/t46-/m1/s1. The molecule has 1 rings (SSSR count). The molecule has 0 aromatic heterocycles. The molecule has 0 aromatic carbocycles. The molecule has 0 radical (unpaired) electrons. The molecule has 1 heterocycles. The third-order valence-electron chi connectivity index (χ3n) is 12.6. The van der Waals surface area contributed by atoms with Crippen molar-refractivity contribution in [1.82, 2.24) is 4.90 Å². The molecule has 57 heavy (non-hydrogen) atoms. The topological polar surface area (TPSA) is 77.5 Å². The molecule has 0 aromatic rings. The first kappa shape index (κ1) is 54.0. The molecule has 0 bridgehead atoms. The maximum absolute atomic E-state index is 11.9. The number of phosphoric acid groups is 1. The molecule has 1 fully saturated rings. The lowest BCUT2D eigenvalue weighted by Crippen LogP contribution is -2.58. The average Bonchev–Trinajstić information content (AvgIpc) is 3.62. The van der Waals surface area contributed by atoms with Crippen molar-refractivity contribution in [3.8, 4) is 0 Å². The normalized spacial score (nSPS) is 17.8. The Morgan fingerprint density at radius 3 is 1.49 bits per heavy atom. The Morgan fingerprint density at radius 1 is 0.667 bits per heavy atom. The fourth-order valence-electron chi connectivity index (χ4n) is 7.57. The number of rotatable bonds is 38. The first-order valence-corrected chi connectivity index (χ1v) is 25.0. The van der Waals surface area contributed by atoms with E-state index in [-0.39, 0.29) is 23.7 Å². The molecule has 0 amide bonds. The Hall–Kier alpha value is -1.05. The maximum atomic E-state index is 11.9. The number of unbranched alkanes of at least 4 members (excludes halogenated alkanes) is 18. The van der Waals surface area contributed by atoms with Gasteiger partial charge < -0.3 is 14.4 Å². The molecule has 1 unspecified atom stereocenters. The van der Waals surface area contributed by atoms with Gasteiger partial charge in [-0.1, -0.05) is 153 Å². The predicted octanol–water partition coefficient (Wildman–Crippen LogP) is 15.0. The number of phosphoric ester groups is 1. The lowest BCUT2D eigenvalue weighted by Gasteiger charge is -2.50. The molecule has 0 spiro atoms. The van der Waals surface area contributed by atoms with Gasteiger partial charge in [0.05, 0.1) is 19.3 Å². The highest BCUT2D eigenvalue weighted by Gasteiger charge is 2.53. The van der Waals surface area contributed by atoms with Gasteiger partial charge in [0, 0.05) is 37.5 Å². The Morgan fingerprint density at radius 2 is 1.07 bits per heavy atom. The Kier molecular flexibility index (Phi) is 30.9. The second kappa shape index (κ2) is 32.7. The number of hydrogen-bond acceptors (Lipinski definition) is 6. The van der Waals surface area contributed by atoms with Crippen LogP contribution in [0.3, 0.4) is 0 Å². The fraction of sp³-hybridized carbons (Fsp3) is 0.837. The summed E-state index contributed by atoms with van der Waals surface area (Å²) in [7, 11) is -0.779. The van der Waals surface area contributed by atoms with E-state index in [1.54, 1.807) is 0 Å². The zero-order chi connectivity index (χ0) is 42.1. The van der Waals surface area contributed by atoms with Crippen LogP contribution in [0.4, 0.5) is 0 Å². The van der Waals surface area contributed by atoms with E-state index in [1.807, 2.05) is 7.05 Å². The average molecular weight is 822 g/mol. The van der Waals surface area contributed by atoms with Crippen molar-refractivity contribution >= 4 is 7.82 Å². The van der Waals surface area contributed by atoms with Gasteiger partial charge in [-0.05, 0) is 97.9 Å². The summed E-state index contributed by atoms with van der Waals surface area (Å²) >= 11 is 0. The van der Waals surface area contributed by atoms with Crippen LogP contribution in [0, 0.1) is 5.41 Å². The summed E-state index contributed by atoms with van der Waals surface area (Å²) in [6.07, 6.45) is 50.3. The summed E-state index contributed by atoms with van der Waals surface area (Å²) in [6.45, 7) is 14.7. The summed E-state index contributed by atoms with van der Waals surface area (Å²) < 4.78 is 35.4. The number of likely N-dealkylation sites (N-methyl/N-ethyl adjacent to an activating group) is 1. The second-order valence-corrected chi connectivity index (χ2v) is 19.2. The molecule has 8 heteroatoms. The molecule has 0 aliphatic carbocycles. The van der Waals surface area contributed by atoms with Gasteiger partial charge in [-0.3, -0.25) is 13.9 Å². The van der Waals surface area contributed by atoms with Crippen LogP contribution in [0.5, 0.6) is 0 Å².